The van der Waals surface area contributed by atoms with Crippen molar-refractivity contribution in [2.45, 2.75) is 26.0 Å². The predicted molar refractivity (Wildman–Crippen MR) is 96.8 cm³/mol. The molecule has 0 fully saturated rings. The quantitative estimate of drug-likeness (QED) is 0.769. The summed E-state index contributed by atoms with van der Waals surface area (Å²) in [4.78, 5) is 19.1. The number of thiazole rings is 1. The number of carbonyl (C=O) groups excluding carboxylic acids is 1. The largest absolute Gasteiger partial charge is 0.469 e. The lowest BCUT2D eigenvalue weighted by Crippen LogP contribution is -2.34. The van der Waals surface area contributed by atoms with Gasteiger partial charge in [0.1, 0.15) is 5.76 Å². The Bertz CT molecular complexity index is 902. The maximum atomic E-state index is 12.7. The molecule has 0 atom stereocenters. The first-order valence-corrected chi connectivity index (χ1v) is 9.05. The van der Waals surface area contributed by atoms with Gasteiger partial charge in [-0.3, -0.25) is 5.32 Å². The van der Waals surface area contributed by atoms with Gasteiger partial charge in [-0.2, -0.15) is 0 Å². The van der Waals surface area contributed by atoms with Gasteiger partial charge in [-0.1, -0.05) is 23.5 Å². The van der Waals surface area contributed by atoms with Crippen LogP contribution in [0.4, 0.5) is 9.93 Å². The van der Waals surface area contributed by atoms with Crippen LogP contribution in [0.1, 0.15) is 23.3 Å². The zero-order valence-corrected chi connectivity index (χ0v) is 14.8. The van der Waals surface area contributed by atoms with E-state index in [1.165, 1.54) is 11.3 Å². The van der Waals surface area contributed by atoms with Crippen molar-refractivity contribution in [1.29, 1.82) is 0 Å². The Hall–Kier alpha value is -2.38. The molecule has 0 spiro atoms. The van der Waals surface area contributed by atoms with Crippen molar-refractivity contribution < 1.29 is 13.9 Å². The second-order valence-electron chi connectivity index (χ2n) is 6.04. The molecule has 2 aromatic heterocycles. The van der Waals surface area contributed by atoms with Crippen LogP contribution in [0.25, 0.3) is 10.2 Å². The van der Waals surface area contributed by atoms with Crippen LogP contribution in [0.15, 0.2) is 34.9 Å². The summed E-state index contributed by atoms with van der Waals surface area (Å²) >= 11 is 1.48. The van der Waals surface area contributed by atoms with Crippen LogP contribution < -0.4 is 5.32 Å². The fourth-order valence-corrected chi connectivity index (χ4v) is 4.02. The molecule has 3 heterocycles. The SMILES string of the molecule is COCc1cccc2sc(NC(=O)N3CCCc4occc4C3)nc12. The van der Waals surface area contributed by atoms with Crippen LogP contribution in [0.2, 0.25) is 0 Å². The number of anilines is 1. The highest BCUT2D eigenvalue weighted by Crippen LogP contribution is 2.29. The number of hydrogen-bond acceptors (Lipinski definition) is 5. The number of nitrogens with one attached hydrogen (secondary N) is 1. The van der Waals surface area contributed by atoms with Crippen molar-refractivity contribution in [1.82, 2.24) is 9.88 Å². The average Bonchev–Trinajstić information content (AvgIpc) is 3.16. The van der Waals surface area contributed by atoms with E-state index in [0.717, 1.165) is 39.9 Å². The Morgan fingerprint density at radius 3 is 3.24 bits per heavy atom. The number of para-hydroxylation sites is 1. The molecule has 0 bridgehead atoms. The average molecular weight is 357 g/mol. The number of fused-ring (bicyclic) bond motifs is 2. The normalized spacial score (nSPS) is 14.4. The summed E-state index contributed by atoms with van der Waals surface area (Å²) in [6, 6.07) is 7.80. The Balaban J connectivity index is 1.53. The monoisotopic (exact) mass is 357 g/mol. The lowest BCUT2D eigenvalue weighted by Gasteiger charge is -2.19. The molecule has 7 heteroatoms. The van der Waals surface area contributed by atoms with Gasteiger partial charge < -0.3 is 14.1 Å². The number of urea groups is 1. The number of carbonyl (C=O) groups is 1. The summed E-state index contributed by atoms with van der Waals surface area (Å²) in [5, 5.41) is 3.56. The molecular weight excluding hydrogens is 338 g/mol. The lowest BCUT2D eigenvalue weighted by atomic mass is 10.2. The van der Waals surface area contributed by atoms with Crippen LogP contribution in [0.5, 0.6) is 0 Å². The fourth-order valence-electron chi connectivity index (χ4n) is 3.12. The number of nitrogens with zero attached hydrogens (tertiary/aromatic N) is 2. The highest BCUT2D eigenvalue weighted by molar-refractivity contribution is 7.22. The number of benzene rings is 1. The van der Waals surface area contributed by atoms with E-state index >= 15 is 0 Å². The van der Waals surface area contributed by atoms with Crippen LogP contribution in [-0.2, 0) is 24.3 Å². The third-order valence-corrected chi connectivity index (χ3v) is 5.27. The molecule has 2 amide bonds. The first-order valence-electron chi connectivity index (χ1n) is 8.23. The predicted octanol–water partition coefficient (Wildman–Crippen LogP) is 4.02. The van der Waals surface area contributed by atoms with Crippen LogP contribution in [-0.4, -0.2) is 29.6 Å². The summed E-state index contributed by atoms with van der Waals surface area (Å²) in [6.07, 6.45) is 3.45. The Morgan fingerprint density at radius 2 is 2.36 bits per heavy atom. The molecule has 0 saturated heterocycles. The first-order chi connectivity index (χ1) is 12.2. The molecule has 1 aromatic carbocycles. The van der Waals surface area contributed by atoms with Crippen molar-refractivity contribution >= 4 is 32.7 Å². The molecule has 130 valence electrons. The third kappa shape index (κ3) is 3.25. The van der Waals surface area contributed by atoms with Crippen molar-refractivity contribution in [3.8, 4) is 0 Å². The van der Waals surface area contributed by atoms with E-state index < -0.39 is 0 Å². The number of amides is 2. The van der Waals surface area contributed by atoms with Crippen molar-refractivity contribution in [3.63, 3.8) is 0 Å². The number of aromatic nitrogens is 1. The molecule has 6 nitrogen and oxygen atoms in total. The first kappa shape index (κ1) is 16.1. The second kappa shape index (κ2) is 6.85. The molecule has 25 heavy (non-hydrogen) atoms. The molecule has 0 aliphatic carbocycles. The number of furan rings is 1. The van der Waals surface area contributed by atoms with Gasteiger partial charge in [-0.15, -0.1) is 0 Å². The zero-order valence-electron chi connectivity index (χ0n) is 13.9. The van der Waals surface area contributed by atoms with Gasteiger partial charge in [0.25, 0.3) is 0 Å². The minimum absolute atomic E-state index is 0.124. The summed E-state index contributed by atoms with van der Waals surface area (Å²) < 4.78 is 11.7. The molecule has 3 aromatic rings. The second-order valence-corrected chi connectivity index (χ2v) is 7.07. The summed E-state index contributed by atoms with van der Waals surface area (Å²) in [5.74, 6) is 0.986. The van der Waals surface area contributed by atoms with E-state index in [1.807, 2.05) is 29.2 Å². The topological polar surface area (TPSA) is 67.6 Å². The van der Waals surface area contributed by atoms with E-state index in [-0.39, 0.29) is 6.03 Å². The number of methoxy groups -OCH3 is 1. The summed E-state index contributed by atoms with van der Waals surface area (Å²) in [7, 11) is 1.66. The standard InChI is InChI=1S/C18H19N3O3S/c1-23-11-13-4-2-6-15-16(13)19-17(25-15)20-18(22)21-8-3-5-14-12(10-21)7-9-24-14/h2,4,6-7,9H,3,5,8,10-11H2,1H3,(H,19,20,22). The molecular formula is C18H19N3O3S. The van der Waals surface area contributed by atoms with Gasteiger partial charge in [-0.05, 0) is 18.6 Å². The Labute approximate surface area is 149 Å². The number of aryl methyl sites for hydroxylation is 1. The van der Waals surface area contributed by atoms with E-state index in [0.29, 0.717) is 24.8 Å². The molecule has 1 aliphatic heterocycles. The maximum Gasteiger partial charge on any atom is 0.323 e. The number of rotatable bonds is 3. The van der Waals surface area contributed by atoms with Gasteiger partial charge >= 0.3 is 6.03 Å². The van der Waals surface area contributed by atoms with Crippen LogP contribution >= 0.6 is 11.3 Å². The van der Waals surface area contributed by atoms with Crippen LogP contribution in [0, 0.1) is 0 Å². The summed E-state index contributed by atoms with van der Waals surface area (Å²) in [5.41, 5.74) is 2.99. The van der Waals surface area contributed by atoms with Gasteiger partial charge in [0, 0.05) is 31.2 Å². The molecule has 0 unspecified atom stereocenters. The maximum absolute atomic E-state index is 12.7. The van der Waals surface area contributed by atoms with Crippen molar-refractivity contribution in [3.05, 3.63) is 47.4 Å². The van der Waals surface area contributed by atoms with E-state index in [4.69, 9.17) is 9.15 Å². The van der Waals surface area contributed by atoms with E-state index in [2.05, 4.69) is 10.3 Å². The summed E-state index contributed by atoms with van der Waals surface area (Å²) in [6.45, 7) is 1.77. The van der Waals surface area contributed by atoms with Gasteiger partial charge in [0.05, 0.1) is 29.6 Å². The fraction of sp³-hybridized carbons (Fsp3) is 0.333. The van der Waals surface area contributed by atoms with E-state index in [9.17, 15) is 4.79 Å². The molecule has 0 radical (unpaired) electrons. The highest BCUT2D eigenvalue weighted by atomic mass is 32.1. The molecule has 4 rings (SSSR count). The Morgan fingerprint density at radius 1 is 1.44 bits per heavy atom. The minimum Gasteiger partial charge on any atom is -0.469 e. The highest BCUT2D eigenvalue weighted by Gasteiger charge is 2.21. The van der Waals surface area contributed by atoms with Gasteiger partial charge in [0.15, 0.2) is 5.13 Å². The number of hydrogen-bond donors (Lipinski definition) is 1. The van der Waals surface area contributed by atoms with Crippen molar-refractivity contribution in [2.75, 3.05) is 19.0 Å². The van der Waals surface area contributed by atoms with Crippen LogP contribution in [0.3, 0.4) is 0 Å². The molecule has 0 saturated carbocycles. The Kier molecular flexibility index (Phi) is 4.42. The molecule has 1 aliphatic rings. The third-order valence-electron chi connectivity index (χ3n) is 4.33. The van der Waals surface area contributed by atoms with Gasteiger partial charge in [-0.25, -0.2) is 9.78 Å². The van der Waals surface area contributed by atoms with E-state index in [1.54, 1.807) is 13.4 Å². The smallest absolute Gasteiger partial charge is 0.323 e. The van der Waals surface area contributed by atoms with Gasteiger partial charge in [0.2, 0.25) is 0 Å². The van der Waals surface area contributed by atoms with Crippen molar-refractivity contribution in [2.24, 2.45) is 0 Å². The number of ether oxygens (including phenoxy) is 1. The zero-order chi connectivity index (χ0) is 17.2. The minimum atomic E-state index is -0.124. The lowest BCUT2D eigenvalue weighted by molar-refractivity contribution is 0.186. The molecule has 1 N–H and O–H groups in total.